The normalized spacial score (nSPS) is 9.88. The fraction of sp³-hybridized carbons (Fsp3) is 0.867. The van der Waals surface area contributed by atoms with Crippen molar-refractivity contribution in [1.82, 2.24) is 0 Å². The Morgan fingerprint density at radius 2 is 1.12 bits per heavy atom. The Labute approximate surface area is 111 Å². The molecule has 0 amide bonds. The van der Waals surface area contributed by atoms with Crippen molar-refractivity contribution >= 4 is 15.9 Å². The summed E-state index contributed by atoms with van der Waals surface area (Å²) < 4.78 is 0. The first-order valence-corrected chi connectivity index (χ1v) is 7.79. The van der Waals surface area contributed by atoms with E-state index in [9.17, 15) is 0 Å². The minimum atomic E-state index is 1.06. The number of hydrogen-bond donors (Lipinski definition) is 0. The van der Waals surface area contributed by atoms with E-state index in [0.29, 0.717) is 0 Å². The van der Waals surface area contributed by atoms with Crippen LogP contribution in [-0.2, 0) is 0 Å². The van der Waals surface area contributed by atoms with Crippen LogP contribution in [0.15, 0.2) is 0 Å². The fourth-order valence-electron chi connectivity index (χ4n) is 1.92. The van der Waals surface area contributed by atoms with Crippen LogP contribution in [0.3, 0.4) is 0 Å². The van der Waals surface area contributed by atoms with Gasteiger partial charge in [0.15, 0.2) is 0 Å². The van der Waals surface area contributed by atoms with Crippen LogP contribution in [0.5, 0.6) is 0 Å². The van der Waals surface area contributed by atoms with Crippen molar-refractivity contribution in [2.24, 2.45) is 0 Å². The monoisotopic (exact) mass is 286 g/mol. The maximum absolute atomic E-state index is 3.12. The zero-order valence-electron chi connectivity index (χ0n) is 10.9. The van der Waals surface area contributed by atoms with Crippen molar-refractivity contribution < 1.29 is 0 Å². The molecule has 1 heteroatoms. The smallest absolute Gasteiger partial charge is 0.0106 e. The molecule has 0 spiro atoms. The minimum Gasteiger partial charge on any atom is -0.0908 e. The Morgan fingerprint density at radius 1 is 0.688 bits per heavy atom. The lowest BCUT2D eigenvalue weighted by molar-refractivity contribution is 0.551. The Kier molecular flexibility index (Phi) is 15.1. The van der Waals surface area contributed by atoms with Crippen molar-refractivity contribution in [3.05, 3.63) is 0 Å². The molecule has 0 radical (unpaired) electrons. The molecule has 0 aromatic rings. The molecule has 0 fully saturated rings. The van der Waals surface area contributed by atoms with Crippen molar-refractivity contribution in [2.75, 3.05) is 0 Å². The largest absolute Gasteiger partial charge is 0.0908 e. The van der Waals surface area contributed by atoms with Crippen molar-refractivity contribution in [2.45, 2.75) is 84.0 Å². The van der Waals surface area contributed by atoms with Gasteiger partial charge in [0, 0.05) is 22.4 Å². The summed E-state index contributed by atoms with van der Waals surface area (Å²) in [5, 5.41) is 0. The quantitative estimate of drug-likeness (QED) is 0.321. The van der Waals surface area contributed by atoms with Gasteiger partial charge in [-0.15, -0.1) is 0 Å². The van der Waals surface area contributed by atoms with Gasteiger partial charge in [0.05, 0.1) is 0 Å². The SMILES string of the molecule is CCCCCCCCCCCCCC#CBr. The van der Waals surface area contributed by atoms with Gasteiger partial charge in [0.2, 0.25) is 0 Å². The first-order valence-electron chi connectivity index (χ1n) is 7.00. The zero-order valence-corrected chi connectivity index (χ0v) is 12.4. The fourth-order valence-corrected chi connectivity index (χ4v) is 2.12. The summed E-state index contributed by atoms with van der Waals surface area (Å²) in [5.74, 6) is 3.05. The molecule has 16 heavy (non-hydrogen) atoms. The Morgan fingerprint density at radius 3 is 1.56 bits per heavy atom. The molecule has 0 N–H and O–H groups in total. The van der Waals surface area contributed by atoms with Crippen LogP contribution in [0, 0.1) is 10.8 Å². The molecule has 0 bridgehead atoms. The maximum Gasteiger partial charge on any atom is 0.0106 e. The Hall–Kier alpha value is 0.0400. The molecule has 0 saturated carbocycles. The minimum absolute atomic E-state index is 1.06. The highest BCUT2D eigenvalue weighted by atomic mass is 79.9. The van der Waals surface area contributed by atoms with E-state index in [1.54, 1.807) is 0 Å². The van der Waals surface area contributed by atoms with Crippen LogP contribution in [0.4, 0.5) is 0 Å². The molecule has 94 valence electrons. The van der Waals surface area contributed by atoms with Gasteiger partial charge in [-0.25, -0.2) is 0 Å². The van der Waals surface area contributed by atoms with Gasteiger partial charge in [0.1, 0.15) is 0 Å². The molecule has 0 unspecified atom stereocenters. The van der Waals surface area contributed by atoms with Crippen LogP contribution < -0.4 is 0 Å². The molecular formula is C15H27Br. The number of hydrogen-bond acceptors (Lipinski definition) is 0. The molecule has 0 saturated heterocycles. The maximum atomic E-state index is 3.12. The molecule has 0 aromatic heterocycles. The summed E-state index contributed by atoms with van der Waals surface area (Å²) in [7, 11) is 0. The van der Waals surface area contributed by atoms with Gasteiger partial charge in [-0.1, -0.05) is 77.1 Å². The molecule has 0 aliphatic heterocycles. The van der Waals surface area contributed by atoms with Crippen molar-refractivity contribution in [3.63, 3.8) is 0 Å². The topological polar surface area (TPSA) is 0 Å². The molecule has 0 rings (SSSR count). The zero-order chi connectivity index (χ0) is 11.9. The van der Waals surface area contributed by atoms with Crippen LogP contribution >= 0.6 is 15.9 Å². The number of unbranched alkanes of at least 4 members (excludes halogenated alkanes) is 11. The summed E-state index contributed by atoms with van der Waals surface area (Å²) >= 11 is 3.12. The van der Waals surface area contributed by atoms with Crippen molar-refractivity contribution in [3.8, 4) is 10.8 Å². The highest BCUT2D eigenvalue weighted by Gasteiger charge is 1.92. The Bertz CT molecular complexity index is 176. The van der Waals surface area contributed by atoms with Gasteiger partial charge < -0.3 is 0 Å². The summed E-state index contributed by atoms with van der Waals surface area (Å²) in [4.78, 5) is 2.77. The van der Waals surface area contributed by atoms with Crippen molar-refractivity contribution in [1.29, 1.82) is 0 Å². The van der Waals surface area contributed by atoms with Crippen LogP contribution in [0.1, 0.15) is 84.0 Å². The van der Waals surface area contributed by atoms with E-state index in [2.05, 4.69) is 33.6 Å². The van der Waals surface area contributed by atoms with E-state index >= 15 is 0 Å². The standard InChI is InChI=1S/C15H27Br/c1-2-3-4-5-6-7-8-9-10-11-12-13-14-15-16/h2-13H2,1H3. The molecule has 0 aromatic carbocycles. The Balaban J connectivity index is 2.89. The highest BCUT2D eigenvalue weighted by molar-refractivity contribution is 9.12. The lowest BCUT2D eigenvalue weighted by atomic mass is 10.1. The first kappa shape index (κ1) is 16.0. The van der Waals surface area contributed by atoms with Gasteiger partial charge in [-0.2, -0.15) is 0 Å². The second-order valence-electron chi connectivity index (χ2n) is 4.56. The first-order chi connectivity index (χ1) is 7.91. The average Bonchev–Trinajstić information content (AvgIpc) is 2.31. The summed E-state index contributed by atoms with van der Waals surface area (Å²) in [5.41, 5.74) is 0. The second-order valence-corrected chi connectivity index (χ2v) is 4.95. The number of rotatable bonds is 11. The van der Waals surface area contributed by atoms with E-state index in [0.717, 1.165) is 6.42 Å². The van der Waals surface area contributed by atoms with Gasteiger partial charge in [-0.3, -0.25) is 0 Å². The third kappa shape index (κ3) is 14.0. The molecule has 0 aliphatic rings. The summed E-state index contributed by atoms with van der Waals surface area (Å²) in [6, 6.07) is 0. The molecule has 0 nitrogen and oxygen atoms in total. The van der Waals surface area contributed by atoms with E-state index in [-0.39, 0.29) is 0 Å². The molecular weight excluding hydrogens is 260 g/mol. The van der Waals surface area contributed by atoms with E-state index < -0.39 is 0 Å². The molecule has 0 heterocycles. The third-order valence-electron chi connectivity index (χ3n) is 2.97. The summed E-state index contributed by atoms with van der Waals surface area (Å²) in [6.07, 6.45) is 16.5. The number of halogens is 1. The predicted octanol–water partition coefficient (Wildman–Crippen LogP) is 6.04. The van der Waals surface area contributed by atoms with Gasteiger partial charge in [0.25, 0.3) is 0 Å². The van der Waals surface area contributed by atoms with E-state index in [1.807, 2.05) is 0 Å². The highest BCUT2D eigenvalue weighted by Crippen LogP contribution is 2.11. The van der Waals surface area contributed by atoms with Crippen LogP contribution in [-0.4, -0.2) is 0 Å². The summed E-state index contributed by atoms with van der Waals surface area (Å²) in [6.45, 7) is 2.28. The lowest BCUT2D eigenvalue weighted by Gasteiger charge is -2.01. The van der Waals surface area contributed by atoms with E-state index in [1.165, 1.54) is 70.6 Å². The van der Waals surface area contributed by atoms with E-state index in [4.69, 9.17) is 0 Å². The predicted molar refractivity (Wildman–Crippen MR) is 77.8 cm³/mol. The van der Waals surface area contributed by atoms with Crippen LogP contribution in [0.25, 0.3) is 0 Å². The van der Waals surface area contributed by atoms with Crippen LogP contribution in [0.2, 0.25) is 0 Å². The molecule has 0 aliphatic carbocycles. The average molecular weight is 287 g/mol. The lowest BCUT2D eigenvalue weighted by Crippen LogP contribution is -1.81. The van der Waals surface area contributed by atoms with Gasteiger partial charge >= 0.3 is 0 Å². The van der Waals surface area contributed by atoms with Gasteiger partial charge in [-0.05, 0) is 11.3 Å². The molecule has 0 atom stereocenters. The second kappa shape index (κ2) is 15.0. The third-order valence-corrected chi connectivity index (χ3v) is 3.25.